The first kappa shape index (κ1) is 13.3. The SMILES string of the molecule is CC(C)(CC(=O)O)Nc1nccc(C#N)c1Cl. The molecule has 0 amide bonds. The molecular formula is C11H12ClN3O2. The van der Waals surface area contributed by atoms with Crippen molar-refractivity contribution in [3.63, 3.8) is 0 Å². The Bertz CT molecular complexity index is 480. The molecule has 0 bridgehead atoms. The topological polar surface area (TPSA) is 86.0 Å². The van der Waals surface area contributed by atoms with E-state index >= 15 is 0 Å². The molecule has 5 nitrogen and oxygen atoms in total. The molecule has 0 aliphatic heterocycles. The number of nitrogens with one attached hydrogen (secondary N) is 1. The number of aliphatic carboxylic acids is 1. The molecule has 1 heterocycles. The summed E-state index contributed by atoms with van der Waals surface area (Å²) in [4.78, 5) is 14.7. The second-order valence-corrected chi connectivity index (χ2v) is 4.59. The lowest BCUT2D eigenvalue weighted by Gasteiger charge is -2.25. The number of pyridine rings is 1. The van der Waals surface area contributed by atoms with Gasteiger partial charge in [0.25, 0.3) is 0 Å². The van der Waals surface area contributed by atoms with Gasteiger partial charge < -0.3 is 10.4 Å². The minimum absolute atomic E-state index is 0.0816. The van der Waals surface area contributed by atoms with Gasteiger partial charge >= 0.3 is 5.97 Å². The van der Waals surface area contributed by atoms with E-state index in [0.29, 0.717) is 11.4 Å². The van der Waals surface area contributed by atoms with Gasteiger partial charge in [0.05, 0.1) is 12.0 Å². The van der Waals surface area contributed by atoms with Crippen molar-refractivity contribution in [2.24, 2.45) is 0 Å². The molecule has 0 atom stereocenters. The predicted octanol–water partition coefficient (Wildman–Crippen LogP) is 2.27. The van der Waals surface area contributed by atoms with Crippen molar-refractivity contribution in [2.75, 3.05) is 5.32 Å². The Morgan fingerprint density at radius 3 is 2.88 bits per heavy atom. The van der Waals surface area contributed by atoms with Crippen molar-refractivity contribution in [3.8, 4) is 6.07 Å². The highest BCUT2D eigenvalue weighted by atomic mass is 35.5. The van der Waals surface area contributed by atoms with E-state index in [-0.39, 0.29) is 11.4 Å². The lowest BCUT2D eigenvalue weighted by Crippen LogP contribution is -2.34. The third kappa shape index (κ3) is 3.61. The zero-order valence-corrected chi connectivity index (χ0v) is 10.2. The van der Waals surface area contributed by atoms with Gasteiger partial charge in [-0.05, 0) is 19.9 Å². The molecule has 6 heteroatoms. The van der Waals surface area contributed by atoms with Gasteiger partial charge in [0.1, 0.15) is 16.9 Å². The number of carboxylic acid groups (broad SMARTS) is 1. The third-order valence-electron chi connectivity index (χ3n) is 2.06. The Morgan fingerprint density at radius 1 is 1.71 bits per heavy atom. The minimum atomic E-state index is -0.921. The predicted molar refractivity (Wildman–Crippen MR) is 63.9 cm³/mol. The van der Waals surface area contributed by atoms with Gasteiger partial charge in [0, 0.05) is 11.7 Å². The van der Waals surface area contributed by atoms with E-state index in [2.05, 4.69) is 10.3 Å². The smallest absolute Gasteiger partial charge is 0.305 e. The fourth-order valence-electron chi connectivity index (χ4n) is 1.36. The second kappa shape index (κ2) is 5.02. The zero-order valence-electron chi connectivity index (χ0n) is 9.49. The monoisotopic (exact) mass is 253 g/mol. The molecule has 2 N–H and O–H groups in total. The van der Waals surface area contributed by atoms with Gasteiger partial charge in [-0.2, -0.15) is 5.26 Å². The van der Waals surface area contributed by atoms with E-state index in [9.17, 15) is 4.79 Å². The van der Waals surface area contributed by atoms with Crippen LogP contribution in [0.2, 0.25) is 5.02 Å². The Kier molecular flexibility index (Phi) is 3.92. The molecule has 17 heavy (non-hydrogen) atoms. The van der Waals surface area contributed by atoms with Crippen molar-refractivity contribution in [3.05, 3.63) is 22.8 Å². The molecular weight excluding hydrogens is 242 g/mol. The number of nitrogens with zero attached hydrogens (tertiary/aromatic N) is 2. The highest BCUT2D eigenvalue weighted by Gasteiger charge is 2.23. The first-order chi connectivity index (χ1) is 7.85. The number of anilines is 1. The van der Waals surface area contributed by atoms with Crippen LogP contribution in [0, 0.1) is 11.3 Å². The summed E-state index contributed by atoms with van der Waals surface area (Å²) in [5, 5.41) is 20.7. The molecule has 0 unspecified atom stereocenters. The van der Waals surface area contributed by atoms with Gasteiger partial charge in [-0.3, -0.25) is 4.79 Å². The van der Waals surface area contributed by atoms with Crippen LogP contribution >= 0.6 is 11.6 Å². The van der Waals surface area contributed by atoms with Crippen LogP contribution in [0.3, 0.4) is 0 Å². The van der Waals surface area contributed by atoms with E-state index < -0.39 is 11.5 Å². The summed E-state index contributed by atoms with van der Waals surface area (Å²) in [6.45, 7) is 3.44. The lowest BCUT2D eigenvalue weighted by atomic mass is 10.0. The summed E-state index contributed by atoms with van der Waals surface area (Å²) in [6.07, 6.45) is 1.37. The van der Waals surface area contributed by atoms with Crippen LogP contribution < -0.4 is 5.32 Å². The molecule has 0 spiro atoms. The molecule has 0 saturated heterocycles. The number of hydrogen-bond acceptors (Lipinski definition) is 4. The van der Waals surface area contributed by atoms with Crippen LogP contribution in [0.4, 0.5) is 5.82 Å². The van der Waals surface area contributed by atoms with Gasteiger partial charge in [-0.15, -0.1) is 0 Å². The summed E-state index contributed by atoms with van der Waals surface area (Å²) < 4.78 is 0. The summed E-state index contributed by atoms with van der Waals surface area (Å²) in [6, 6.07) is 3.43. The minimum Gasteiger partial charge on any atom is -0.481 e. The van der Waals surface area contributed by atoms with Crippen molar-refractivity contribution in [1.29, 1.82) is 5.26 Å². The maximum absolute atomic E-state index is 10.7. The molecule has 0 radical (unpaired) electrons. The van der Waals surface area contributed by atoms with E-state index in [1.807, 2.05) is 6.07 Å². The summed E-state index contributed by atoms with van der Waals surface area (Å²) >= 11 is 5.96. The van der Waals surface area contributed by atoms with E-state index in [4.69, 9.17) is 22.0 Å². The molecule has 0 fully saturated rings. The maximum Gasteiger partial charge on any atom is 0.305 e. The van der Waals surface area contributed by atoms with Gasteiger partial charge in [-0.25, -0.2) is 4.98 Å². The molecule has 1 aromatic rings. The first-order valence-corrected chi connectivity index (χ1v) is 5.28. The summed E-state index contributed by atoms with van der Waals surface area (Å²) in [5.41, 5.74) is -0.397. The number of nitriles is 1. The van der Waals surface area contributed by atoms with Crippen molar-refractivity contribution in [1.82, 2.24) is 4.98 Å². The van der Waals surface area contributed by atoms with Crippen LogP contribution in [0.5, 0.6) is 0 Å². The third-order valence-corrected chi connectivity index (χ3v) is 2.44. The van der Waals surface area contributed by atoms with E-state index in [0.717, 1.165) is 0 Å². The molecule has 0 aromatic carbocycles. The maximum atomic E-state index is 10.7. The number of hydrogen-bond donors (Lipinski definition) is 2. The first-order valence-electron chi connectivity index (χ1n) is 4.90. The fraction of sp³-hybridized carbons (Fsp3) is 0.364. The van der Waals surface area contributed by atoms with Gasteiger partial charge in [-0.1, -0.05) is 11.6 Å². The number of carbonyl (C=O) groups is 1. The van der Waals surface area contributed by atoms with Crippen LogP contribution in [0.25, 0.3) is 0 Å². The number of aromatic nitrogens is 1. The largest absolute Gasteiger partial charge is 0.481 e. The molecule has 0 aliphatic carbocycles. The van der Waals surface area contributed by atoms with Crippen LogP contribution in [0.15, 0.2) is 12.3 Å². The van der Waals surface area contributed by atoms with E-state index in [1.165, 1.54) is 12.3 Å². The average Bonchev–Trinajstić information content (AvgIpc) is 2.19. The van der Waals surface area contributed by atoms with Gasteiger partial charge in [0.15, 0.2) is 0 Å². The fourth-order valence-corrected chi connectivity index (χ4v) is 1.56. The molecule has 0 saturated carbocycles. The normalized spacial score (nSPS) is 10.7. The summed E-state index contributed by atoms with van der Waals surface area (Å²) in [7, 11) is 0. The van der Waals surface area contributed by atoms with Crippen LogP contribution in [0.1, 0.15) is 25.8 Å². The number of carboxylic acids is 1. The van der Waals surface area contributed by atoms with Crippen LogP contribution in [-0.2, 0) is 4.79 Å². The van der Waals surface area contributed by atoms with Crippen molar-refractivity contribution >= 4 is 23.4 Å². The average molecular weight is 254 g/mol. The highest BCUT2D eigenvalue weighted by Crippen LogP contribution is 2.26. The van der Waals surface area contributed by atoms with Crippen molar-refractivity contribution in [2.45, 2.75) is 25.8 Å². The van der Waals surface area contributed by atoms with E-state index in [1.54, 1.807) is 13.8 Å². The van der Waals surface area contributed by atoms with Crippen molar-refractivity contribution < 1.29 is 9.90 Å². The molecule has 90 valence electrons. The lowest BCUT2D eigenvalue weighted by molar-refractivity contribution is -0.137. The Balaban J connectivity index is 2.96. The highest BCUT2D eigenvalue weighted by molar-refractivity contribution is 6.34. The molecule has 1 aromatic heterocycles. The number of rotatable bonds is 4. The Morgan fingerprint density at radius 2 is 2.35 bits per heavy atom. The summed E-state index contributed by atoms with van der Waals surface area (Å²) in [5.74, 6) is -0.605. The van der Waals surface area contributed by atoms with Crippen LogP contribution in [-0.4, -0.2) is 21.6 Å². The Labute approximate surface area is 104 Å². The van der Waals surface area contributed by atoms with Gasteiger partial charge in [0.2, 0.25) is 0 Å². The zero-order chi connectivity index (χ0) is 13.1. The molecule has 1 rings (SSSR count). The number of halogens is 1. The Hall–Kier alpha value is -1.80. The molecule has 0 aliphatic rings. The quantitative estimate of drug-likeness (QED) is 0.860. The standard InChI is InChI=1S/C11H12ClN3O2/c1-11(2,5-8(16)17)15-10-9(12)7(6-13)3-4-14-10/h3-4H,5H2,1-2H3,(H,14,15)(H,16,17). The second-order valence-electron chi connectivity index (χ2n) is 4.21.